The number of benzene rings is 2. The minimum absolute atomic E-state index is 0.291. The predicted molar refractivity (Wildman–Crippen MR) is 85.3 cm³/mol. The zero-order valence-corrected chi connectivity index (χ0v) is 12.3. The Morgan fingerprint density at radius 2 is 2.04 bits per heavy atom. The van der Waals surface area contributed by atoms with E-state index in [9.17, 15) is 4.79 Å². The molecule has 1 unspecified atom stereocenters. The van der Waals surface area contributed by atoms with Crippen molar-refractivity contribution in [2.24, 2.45) is 0 Å². The van der Waals surface area contributed by atoms with E-state index in [1.165, 1.54) is 7.11 Å². The molecule has 0 fully saturated rings. The first-order valence-electron chi connectivity index (χ1n) is 7.17. The summed E-state index contributed by atoms with van der Waals surface area (Å²) in [5.74, 6) is -0.125. The number of halogens is 1. The maximum Gasteiger partial charge on any atom is 0.271 e. The number of carbonyl (C=O) groups is 1. The highest BCUT2D eigenvalue weighted by Gasteiger charge is 2.49. The highest BCUT2D eigenvalue weighted by molar-refractivity contribution is 6.08. The number of fused-ring (bicyclic) bond motifs is 2. The Labute approximate surface area is 131 Å². The predicted octanol–water partition coefficient (Wildman–Crippen LogP) is 3.41. The van der Waals surface area contributed by atoms with Crippen LogP contribution in [0.2, 0.25) is 0 Å². The first-order chi connectivity index (χ1) is 11.1. The van der Waals surface area contributed by atoms with Crippen molar-refractivity contribution in [2.45, 2.75) is 5.67 Å². The average molecular weight is 308 g/mol. The first-order valence-corrected chi connectivity index (χ1v) is 7.17. The van der Waals surface area contributed by atoms with Gasteiger partial charge in [-0.05, 0) is 30.3 Å². The number of hydrogen-bond donors (Lipinski definition) is 1. The number of nitrogens with zero attached hydrogens (tertiary/aromatic N) is 1. The van der Waals surface area contributed by atoms with Crippen LogP contribution in [-0.2, 0) is 10.5 Å². The van der Waals surface area contributed by atoms with Crippen molar-refractivity contribution < 1.29 is 13.9 Å². The van der Waals surface area contributed by atoms with Gasteiger partial charge in [-0.2, -0.15) is 0 Å². The van der Waals surface area contributed by atoms with Crippen molar-refractivity contribution in [3.05, 3.63) is 65.9 Å². The summed E-state index contributed by atoms with van der Waals surface area (Å²) in [5.41, 5.74) is -0.437. The molecule has 1 aromatic heterocycles. The van der Waals surface area contributed by atoms with E-state index >= 15 is 4.39 Å². The van der Waals surface area contributed by atoms with E-state index in [1.807, 2.05) is 6.07 Å². The van der Waals surface area contributed by atoms with Gasteiger partial charge in [-0.3, -0.25) is 9.78 Å². The molecule has 1 amide bonds. The standard InChI is InChI=1S/C18H13FN2O2/c1-23-13-5-6-14-16(10-13)21-17(22)18(14,19)12-4-7-15-11(9-12)3-2-8-20-15/h2-10H,1H3,(H,21,22). The Morgan fingerprint density at radius 3 is 2.87 bits per heavy atom. The molecule has 1 N–H and O–H groups in total. The number of anilines is 1. The van der Waals surface area contributed by atoms with E-state index in [2.05, 4.69) is 10.3 Å². The molecule has 0 radical (unpaired) electrons. The molecular formula is C18H13FN2O2. The van der Waals surface area contributed by atoms with Crippen LogP contribution in [0.25, 0.3) is 10.9 Å². The number of alkyl halides is 1. The maximum atomic E-state index is 15.7. The molecule has 23 heavy (non-hydrogen) atoms. The Morgan fingerprint density at radius 1 is 1.17 bits per heavy atom. The van der Waals surface area contributed by atoms with Gasteiger partial charge in [0.1, 0.15) is 5.75 Å². The molecule has 1 aliphatic heterocycles. The number of nitrogens with one attached hydrogen (secondary N) is 1. The molecule has 0 aliphatic carbocycles. The molecule has 2 aromatic carbocycles. The van der Waals surface area contributed by atoms with Crippen molar-refractivity contribution >= 4 is 22.5 Å². The van der Waals surface area contributed by atoms with Gasteiger partial charge in [0.15, 0.2) is 0 Å². The number of carbonyl (C=O) groups excluding carboxylic acids is 1. The fourth-order valence-electron chi connectivity index (χ4n) is 2.96. The van der Waals surface area contributed by atoms with Crippen LogP contribution in [-0.4, -0.2) is 18.0 Å². The van der Waals surface area contributed by atoms with Crippen LogP contribution in [0.5, 0.6) is 5.75 Å². The molecule has 1 atom stereocenters. The van der Waals surface area contributed by atoms with Gasteiger partial charge in [0, 0.05) is 28.8 Å². The lowest BCUT2D eigenvalue weighted by Crippen LogP contribution is -2.30. The third-order valence-electron chi connectivity index (χ3n) is 4.16. The highest BCUT2D eigenvalue weighted by atomic mass is 19.1. The zero-order chi connectivity index (χ0) is 16.0. The number of ether oxygens (including phenoxy) is 1. The SMILES string of the molecule is COc1ccc2c(c1)NC(=O)C2(F)c1ccc2ncccc2c1. The lowest BCUT2D eigenvalue weighted by atomic mass is 9.88. The Kier molecular flexibility index (Phi) is 2.84. The summed E-state index contributed by atoms with van der Waals surface area (Å²) < 4.78 is 20.8. The summed E-state index contributed by atoms with van der Waals surface area (Å²) >= 11 is 0. The molecule has 0 saturated heterocycles. The normalized spacial score (nSPS) is 19.5. The Hall–Kier alpha value is -2.95. The monoisotopic (exact) mass is 308 g/mol. The molecule has 2 heterocycles. The van der Waals surface area contributed by atoms with E-state index in [-0.39, 0.29) is 0 Å². The summed E-state index contributed by atoms with van der Waals surface area (Å²) in [6.07, 6.45) is 1.68. The summed E-state index contributed by atoms with van der Waals surface area (Å²) in [7, 11) is 1.53. The van der Waals surface area contributed by atoms with Crippen LogP contribution >= 0.6 is 0 Å². The summed E-state index contributed by atoms with van der Waals surface area (Å²) in [6, 6.07) is 13.5. The van der Waals surface area contributed by atoms with E-state index < -0.39 is 11.6 Å². The molecule has 0 bridgehead atoms. The second kappa shape index (κ2) is 4.78. The van der Waals surface area contributed by atoms with E-state index in [0.717, 1.165) is 10.9 Å². The number of amides is 1. The molecule has 4 rings (SSSR count). The van der Waals surface area contributed by atoms with E-state index in [4.69, 9.17) is 4.74 Å². The molecule has 114 valence electrons. The highest BCUT2D eigenvalue weighted by Crippen LogP contribution is 2.45. The average Bonchev–Trinajstić information content (AvgIpc) is 2.85. The van der Waals surface area contributed by atoms with Gasteiger partial charge in [0.2, 0.25) is 5.67 Å². The van der Waals surface area contributed by atoms with Crippen molar-refractivity contribution in [3.63, 3.8) is 0 Å². The largest absolute Gasteiger partial charge is 0.497 e. The van der Waals surface area contributed by atoms with Gasteiger partial charge >= 0.3 is 0 Å². The van der Waals surface area contributed by atoms with Gasteiger partial charge in [-0.1, -0.05) is 12.1 Å². The lowest BCUT2D eigenvalue weighted by molar-refractivity contribution is -0.124. The van der Waals surface area contributed by atoms with Crippen molar-refractivity contribution in [1.29, 1.82) is 0 Å². The fraction of sp³-hybridized carbons (Fsp3) is 0.111. The lowest BCUT2D eigenvalue weighted by Gasteiger charge is -2.19. The van der Waals surface area contributed by atoms with Crippen LogP contribution < -0.4 is 10.1 Å². The van der Waals surface area contributed by atoms with E-state index in [0.29, 0.717) is 22.6 Å². The van der Waals surface area contributed by atoms with Crippen LogP contribution in [0.4, 0.5) is 10.1 Å². The summed E-state index contributed by atoms with van der Waals surface area (Å²) in [6.45, 7) is 0. The summed E-state index contributed by atoms with van der Waals surface area (Å²) in [4.78, 5) is 16.6. The molecule has 1 aliphatic rings. The van der Waals surface area contributed by atoms with Crippen molar-refractivity contribution in [1.82, 2.24) is 4.98 Å². The number of rotatable bonds is 2. The van der Waals surface area contributed by atoms with Crippen LogP contribution in [0.1, 0.15) is 11.1 Å². The third kappa shape index (κ3) is 1.90. The Balaban J connectivity index is 1.91. The minimum atomic E-state index is -2.22. The smallest absolute Gasteiger partial charge is 0.271 e. The number of methoxy groups -OCH3 is 1. The van der Waals surface area contributed by atoms with Crippen LogP contribution in [0, 0.1) is 0 Å². The van der Waals surface area contributed by atoms with Crippen LogP contribution in [0.3, 0.4) is 0 Å². The molecule has 0 saturated carbocycles. The van der Waals surface area contributed by atoms with Crippen molar-refractivity contribution in [3.8, 4) is 5.75 Å². The maximum absolute atomic E-state index is 15.7. The quantitative estimate of drug-likeness (QED) is 0.789. The molecular weight excluding hydrogens is 295 g/mol. The third-order valence-corrected chi connectivity index (χ3v) is 4.16. The van der Waals surface area contributed by atoms with Gasteiger partial charge in [-0.15, -0.1) is 0 Å². The van der Waals surface area contributed by atoms with Crippen LogP contribution in [0.15, 0.2) is 54.7 Å². The molecule has 5 heteroatoms. The molecule has 0 spiro atoms. The fourth-order valence-corrected chi connectivity index (χ4v) is 2.96. The minimum Gasteiger partial charge on any atom is -0.497 e. The molecule has 4 nitrogen and oxygen atoms in total. The number of aromatic nitrogens is 1. The van der Waals surface area contributed by atoms with Gasteiger partial charge in [-0.25, -0.2) is 4.39 Å². The number of hydrogen-bond acceptors (Lipinski definition) is 3. The van der Waals surface area contributed by atoms with Gasteiger partial charge < -0.3 is 10.1 Å². The van der Waals surface area contributed by atoms with E-state index in [1.54, 1.807) is 48.7 Å². The summed E-state index contributed by atoms with van der Waals surface area (Å²) in [5, 5.41) is 3.39. The van der Waals surface area contributed by atoms with Crippen molar-refractivity contribution in [2.75, 3.05) is 12.4 Å². The molecule has 3 aromatic rings. The second-order valence-electron chi connectivity index (χ2n) is 5.43. The van der Waals surface area contributed by atoms with Gasteiger partial charge in [0.05, 0.1) is 18.3 Å². The first kappa shape index (κ1) is 13.7. The zero-order valence-electron chi connectivity index (χ0n) is 12.3. The van der Waals surface area contributed by atoms with Gasteiger partial charge in [0.25, 0.3) is 5.91 Å². The topological polar surface area (TPSA) is 51.2 Å². The second-order valence-corrected chi connectivity index (χ2v) is 5.43. The Bertz CT molecular complexity index is 941. The number of pyridine rings is 1.